The van der Waals surface area contributed by atoms with Gasteiger partial charge in [0.1, 0.15) is 5.71 Å². The SMILES string of the molecule is O=C(Nc1ccccc1)C1=Cc2ccccc2C(=NNc2cccc3c2C(=O)c2ccccc2C3=O)C1=O. The molecule has 6 rings (SSSR count). The molecule has 0 atom stereocenters. The molecule has 4 aromatic rings. The van der Waals surface area contributed by atoms with Crippen LogP contribution in [0.15, 0.2) is 108 Å². The molecule has 0 aliphatic heterocycles. The fourth-order valence-corrected chi connectivity index (χ4v) is 4.66. The summed E-state index contributed by atoms with van der Waals surface area (Å²) in [6, 6.07) is 27.5. The number of fused-ring (bicyclic) bond motifs is 3. The summed E-state index contributed by atoms with van der Waals surface area (Å²) in [5.74, 6) is -1.69. The fraction of sp³-hybridized carbons (Fsp3) is 0. The largest absolute Gasteiger partial charge is 0.322 e. The zero-order valence-electron chi connectivity index (χ0n) is 19.9. The van der Waals surface area contributed by atoms with E-state index in [2.05, 4.69) is 15.8 Å². The van der Waals surface area contributed by atoms with Gasteiger partial charge in [0.2, 0.25) is 5.78 Å². The van der Waals surface area contributed by atoms with E-state index >= 15 is 0 Å². The fourth-order valence-electron chi connectivity index (χ4n) is 4.66. The third-order valence-electron chi connectivity index (χ3n) is 6.49. The quantitative estimate of drug-likeness (QED) is 0.272. The van der Waals surface area contributed by atoms with Gasteiger partial charge >= 0.3 is 0 Å². The van der Waals surface area contributed by atoms with Gasteiger partial charge in [-0.05, 0) is 29.8 Å². The summed E-state index contributed by atoms with van der Waals surface area (Å²) in [6.45, 7) is 0. The molecule has 2 aliphatic carbocycles. The van der Waals surface area contributed by atoms with Gasteiger partial charge < -0.3 is 5.32 Å². The Kier molecular flexibility index (Phi) is 5.58. The Hall–Kier alpha value is -5.43. The molecule has 7 heteroatoms. The normalized spacial score (nSPS) is 14.8. The number of hydrogen-bond acceptors (Lipinski definition) is 6. The molecule has 7 nitrogen and oxygen atoms in total. The van der Waals surface area contributed by atoms with Crippen LogP contribution in [0.3, 0.4) is 0 Å². The molecule has 2 aliphatic rings. The van der Waals surface area contributed by atoms with Crippen molar-refractivity contribution >= 4 is 46.4 Å². The number of para-hydroxylation sites is 1. The summed E-state index contributed by atoms with van der Waals surface area (Å²) in [6.07, 6.45) is 1.54. The summed E-state index contributed by atoms with van der Waals surface area (Å²) < 4.78 is 0. The molecule has 0 spiro atoms. The molecule has 182 valence electrons. The first-order valence-electron chi connectivity index (χ1n) is 11.9. The molecule has 38 heavy (non-hydrogen) atoms. The number of nitrogens with zero attached hydrogens (tertiary/aromatic N) is 1. The van der Waals surface area contributed by atoms with E-state index in [0.717, 1.165) is 0 Å². The number of benzene rings is 4. The van der Waals surface area contributed by atoms with Crippen molar-refractivity contribution in [1.82, 2.24) is 0 Å². The van der Waals surface area contributed by atoms with Gasteiger partial charge in [0.05, 0.1) is 16.8 Å². The van der Waals surface area contributed by atoms with Crippen LogP contribution in [-0.4, -0.2) is 29.0 Å². The van der Waals surface area contributed by atoms with Gasteiger partial charge in [0.15, 0.2) is 11.6 Å². The van der Waals surface area contributed by atoms with E-state index in [1.165, 1.54) is 0 Å². The Labute approximate surface area is 217 Å². The van der Waals surface area contributed by atoms with E-state index in [1.807, 2.05) is 6.07 Å². The maximum absolute atomic E-state index is 13.5. The predicted molar refractivity (Wildman–Crippen MR) is 144 cm³/mol. The average molecular weight is 498 g/mol. The van der Waals surface area contributed by atoms with E-state index in [0.29, 0.717) is 27.9 Å². The maximum atomic E-state index is 13.5. The van der Waals surface area contributed by atoms with Crippen LogP contribution in [0.5, 0.6) is 0 Å². The highest BCUT2D eigenvalue weighted by atomic mass is 16.2. The van der Waals surface area contributed by atoms with E-state index in [1.54, 1.807) is 97.1 Å². The number of nitrogens with one attached hydrogen (secondary N) is 2. The maximum Gasteiger partial charge on any atom is 0.259 e. The van der Waals surface area contributed by atoms with E-state index in [-0.39, 0.29) is 39.7 Å². The minimum atomic E-state index is -0.567. The molecular formula is C31H19N3O4. The number of ketones is 3. The van der Waals surface area contributed by atoms with E-state index in [4.69, 9.17) is 0 Å². The third-order valence-corrected chi connectivity index (χ3v) is 6.49. The van der Waals surface area contributed by atoms with Crippen LogP contribution < -0.4 is 10.7 Å². The first kappa shape index (κ1) is 23.0. The van der Waals surface area contributed by atoms with Gasteiger partial charge in [0, 0.05) is 27.9 Å². The average Bonchev–Trinajstić information content (AvgIpc) is 2.95. The summed E-state index contributed by atoms with van der Waals surface area (Å²) >= 11 is 0. The van der Waals surface area contributed by atoms with E-state index in [9.17, 15) is 19.2 Å². The molecule has 0 bridgehead atoms. The number of Topliss-reactive ketones (excluding diaryl/α,β-unsaturated/α-hetero) is 1. The Morgan fingerprint density at radius 1 is 0.605 bits per heavy atom. The second kappa shape index (κ2) is 9.22. The summed E-state index contributed by atoms with van der Waals surface area (Å²) in [4.78, 5) is 52.9. The Morgan fingerprint density at radius 2 is 1.24 bits per heavy atom. The second-order valence-corrected chi connectivity index (χ2v) is 8.80. The number of anilines is 2. The van der Waals surface area contributed by atoms with Gasteiger partial charge in [0.25, 0.3) is 5.91 Å². The van der Waals surface area contributed by atoms with Crippen LogP contribution in [0.2, 0.25) is 0 Å². The molecule has 4 aromatic carbocycles. The number of amides is 1. The minimum Gasteiger partial charge on any atom is -0.322 e. The number of carbonyl (C=O) groups excluding carboxylic acids is 4. The smallest absolute Gasteiger partial charge is 0.259 e. The molecule has 1 amide bonds. The highest BCUT2D eigenvalue weighted by Gasteiger charge is 2.33. The number of hydrazone groups is 1. The molecule has 0 radical (unpaired) electrons. The highest BCUT2D eigenvalue weighted by Crippen LogP contribution is 2.32. The van der Waals surface area contributed by atoms with E-state index < -0.39 is 11.7 Å². The Balaban J connectivity index is 1.38. The topological polar surface area (TPSA) is 105 Å². The van der Waals surface area contributed by atoms with Gasteiger partial charge in [-0.25, -0.2) is 0 Å². The monoisotopic (exact) mass is 497 g/mol. The molecule has 0 saturated carbocycles. The third kappa shape index (κ3) is 3.83. The lowest BCUT2D eigenvalue weighted by molar-refractivity contribution is -0.116. The highest BCUT2D eigenvalue weighted by molar-refractivity contribution is 6.59. The summed E-state index contributed by atoms with van der Waals surface area (Å²) in [5, 5.41) is 7.11. The number of carbonyl (C=O) groups is 4. The van der Waals surface area contributed by atoms with Crippen molar-refractivity contribution in [3.8, 4) is 0 Å². The van der Waals surface area contributed by atoms with Crippen molar-refractivity contribution < 1.29 is 19.2 Å². The van der Waals surface area contributed by atoms with Gasteiger partial charge in [-0.1, -0.05) is 78.9 Å². The molecule has 0 aromatic heterocycles. The zero-order chi connectivity index (χ0) is 26.2. The lowest BCUT2D eigenvalue weighted by atomic mass is 9.83. The van der Waals surface area contributed by atoms with Crippen LogP contribution >= 0.6 is 0 Å². The lowest BCUT2D eigenvalue weighted by Crippen LogP contribution is -2.30. The van der Waals surface area contributed by atoms with Crippen LogP contribution in [0.25, 0.3) is 6.08 Å². The first-order valence-corrected chi connectivity index (χ1v) is 11.9. The minimum absolute atomic E-state index is 0.0221. The van der Waals surface area contributed by atoms with Crippen LogP contribution in [0.4, 0.5) is 11.4 Å². The van der Waals surface area contributed by atoms with Crippen molar-refractivity contribution in [2.45, 2.75) is 0 Å². The molecule has 2 N–H and O–H groups in total. The van der Waals surface area contributed by atoms with Crippen molar-refractivity contribution in [2.24, 2.45) is 5.10 Å². The van der Waals surface area contributed by atoms with Gasteiger partial charge in [-0.3, -0.25) is 24.6 Å². The number of rotatable bonds is 4. The lowest BCUT2D eigenvalue weighted by Gasteiger charge is -2.20. The second-order valence-electron chi connectivity index (χ2n) is 8.80. The van der Waals surface area contributed by atoms with Gasteiger partial charge in [-0.2, -0.15) is 5.10 Å². The van der Waals surface area contributed by atoms with Crippen molar-refractivity contribution in [3.05, 3.63) is 136 Å². The van der Waals surface area contributed by atoms with Crippen LogP contribution in [-0.2, 0) is 9.59 Å². The first-order chi connectivity index (χ1) is 18.5. The van der Waals surface area contributed by atoms with Crippen molar-refractivity contribution in [2.75, 3.05) is 10.7 Å². The van der Waals surface area contributed by atoms with Crippen molar-refractivity contribution in [1.29, 1.82) is 0 Å². The van der Waals surface area contributed by atoms with Gasteiger partial charge in [-0.15, -0.1) is 0 Å². The van der Waals surface area contributed by atoms with Crippen LogP contribution in [0, 0.1) is 0 Å². The number of hydrogen-bond donors (Lipinski definition) is 2. The Bertz CT molecular complexity index is 1740. The van der Waals surface area contributed by atoms with Crippen molar-refractivity contribution in [3.63, 3.8) is 0 Å². The Morgan fingerprint density at radius 3 is 2.00 bits per heavy atom. The molecule has 0 unspecified atom stereocenters. The molecule has 0 heterocycles. The summed E-state index contributed by atoms with van der Waals surface area (Å²) in [5.41, 5.74) is 5.95. The molecule has 0 saturated heterocycles. The predicted octanol–water partition coefficient (Wildman–Crippen LogP) is 4.88. The standard InChI is InChI=1S/C31H19N3O4/c35-28-21-13-6-7-14-22(21)29(36)26-23(28)15-8-16-25(26)33-34-27-20-12-5-4-9-18(20)17-24(30(27)37)31(38)32-19-10-2-1-3-11-19/h1-17,33H,(H,32,38). The van der Waals surface area contributed by atoms with Crippen LogP contribution in [0.1, 0.15) is 43.0 Å². The zero-order valence-corrected chi connectivity index (χ0v) is 19.9. The summed E-state index contributed by atoms with van der Waals surface area (Å²) in [7, 11) is 0. The molecular weight excluding hydrogens is 478 g/mol. The molecule has 0 fully saturated rings.